The van der Waals surface area contributed by atoms with Crippen LogP contribution in [0.1, 0.15) is 44.6 Å². The van der Waals surface area contributed by atoms with Gasteiger partial charge in [0, 0.05) is 30.5 Å². The van der Waals surface area contributed by atoms with Gasteiger partial charge in [-0.25, -0.2) is 4.39 Å². The topological polar surface area (TPSA) is 304 Å². The Hall–Kier alpha value is -2.95. The van der Waals surface area contributed by atoms with Gasteiger partial charge in [0.05, 0.1) is 25.7 Å². The van der Waals surface area contributed by atoms with E-state index in [4.69, 9.17) is 34.8 Å². The summed E-state index contributed by atoms with van der Waals surface area (Å²) in [4.78, 5) is 25.3. The molecule has 0 radical (unpaired) electrons. The van der Waals surface area contributed by atoms with Crippen molar-refractivity contribution >= 4 is 17.4 Å². The fourth-order valence-electron chi connectivity index (χ4n) is 6.54. The standard InChI is InChI=1S/C36H52FNO18/c1-3-5-7-19(42)11-16(6-4-2)33(50)38-18-8-9-20(17(10-18)12-37)51-34-29(48)26(45)31(22(14-40)53-34)56-36-30(49)27(46)32(23(15-41)54-36)55-35-28(47)25(44)24(43)21(13-39)52-35/h2,8-10,16,21-32,34-36,39-41,43-49H,3,5-7,11-15H2,1H3,(H,38,50)/t16?,21?,22?,23?,24-,25+,26-,27-,28?,29?,30?,31-,32-,34-,35-,36-/m1/s1. The second-order valence-electron chi connectivity index (χ2n) is 13.8. The number of nitrogens with one attached hydrogen (secondary N) is 1. The number of ether oxygens (including phenoxy) is 6. The van der Waals surface area contributed by atoms with Gasteiger partial charge in [0.1, 0.15) is 91.5 Å². The molecule has 1 aromatic carbocycles. The van der Waals surface area contributed by atoms with E-state index in [-0.39, 0.29) is 35.6 Å². The smallest absolute Gasteiger partial charge is 0.229 e. The fourth-order valence-corrected chi connectivity index (χ4v) is 6.54. The molecular weight excluding hydrogens is 753 g/mol. The maximum absolute atomic E-state index is 14.2. The SMILES string of the molecule is C#CCC(CC(=O)CCCC)C(=O)Nc1ccc(O[C@@H]2OC(CO)[C@@H](O[C@H]3OC(CO)[C@@H](O[C@H]4OC(CO)[C@@H](O)[C@H](O)C4O)[C@H](O)C3O)[C@H](O)C2O)c(CF)c1. The van der Waals surface area contributed by atoms with Crippen molar-refractivity contribution in [1.82, 2.24) is 0 Å². The van der Waals surface area contributed by atoms with Crippen molar-refractivity contribution in [3.8, 4) is 18.1 Å². The Morgan fingerprint density at radius 1 is 0.804 bits per heavy atom. The van der Waals surface area contributed by atoms with Crippen LogP contribution in [0, 0.1) is 18.3 Å². The summed E-state index contributed by atoms with van der Waals surface area (Å²) in [6, 6.07) is 3.87. The first kappa shape index (κ1) is 45.7. The summed E-state index contributed by atoms with van der Waals surface area (Å²) in [5.74, 6) is 0.760. The molecule has 3 saturated heterocycles. The molecule has 7 unspecified atom stereocenters. The molecule has 1 amide bonds. The van der Waals surface area contributed by atoms with Gasteiger partial charge in [0.2, 0.25) is 12.2 Å². The summed E-state index contributed by atoms with van der Waals surface area (Å²) in [5.41, 5.74) is 0.0443. The van der Waals surface area contributed by atoms with Crippen molar-refractivity contribution in [3.05, 3.63) is 23.8 Å². The Labute approximate surface area is 321 Å². The second kappa shape index (κ2) is 21.2. The highest BCUT2D eigenvalue weighted by molar-refractivity contribution is 5.95. The van der Waals surface area contributed by atoms with Crippen LogP contribution in [0.4, 0.5) is 10.1 Å². The Kier molecular flexibility index (Phi) is 17.3. The molecule has 0 spiro atoms. The number of carbonyl (C=O) groups is 2. The lowest BCUT2D eigenvalue weighted by molar-refractivity contribution is -0.376. The fraction of sp³-hybridized carbons (Fsp3) is 0.722. The maximum atomic E-state index is 14.2. The summed E-state index contributed by atoms with van der Waals surface area (Å²) in [6.45, 7) is -1.72. The first-order valence-electron chi connectivity index (χ1n) is 18.2. The number of alkyl halides is 1. The molecule has 20 heteroatoms. The summed E-state index contributed by atoms with van der Waals surface area (Å²) >= 11 is 0. The average molecular weight is 806 g/mol. The minimum atomic E-state index is -2.01. The third-order valence-corrected chi connectivity index (χ3v) is 9.81. The van der Waals surface area contributed by atoms with Crippen molar-refractivity contribution in [2.24, 2.45) is 5.92 Å². The molecule has 56 heavy (non-hydrogen) atoms. The van der Waals surface area contributed by atoms with Crippen LogP contribution in [0.15, 0.2) is 18.2 Å². The molecule has 0 aliphatic carbocycles. The van der Waals surface area contributed by atoms with Crippen LogP contribution in [-0.2, 0) is 39.9 Å². The van der Waals surface area contributed by atoms with E-state index in [9.17, 15) is 65.0 Å². The highest BCUT2D eigenvalue weighted by atomic mass is 19.1. The van der Waals surface area contributed by atoms with Gasteiger partial charge in [-0.2, -0.15) is 0 Å². The first-order chi connectivity index (χ1) is 26.7. The number of terminal acetylenes is 1. The third kappa shape index (κ3) is 10.8. The van der Waals surface area contributed by atoms with E-state index in [0.29, 0.717) is 12.8 Å². The van der Waals surface area contributed by atoms with Crippen LogP contribution in [0.2, 0.25) is 0 Å². The van der Waals surface area contributed by atoms with E-state index in [1.54, 1.807) is 0 Å². The van der Waals surface area contributed by atoms with Crippen LogP contribution in [0.3, 0.4) is 0 Å². The van der Waals surface area contributed by atoms with Crippen LogP contribution in [0.25, 0.3) is 0 Å². The zero-order valence-corrected chi connectivity index (χ0v) is 30.5. The van der Waals surface area contributed by atoms with Gasteiger partial charge < -0.3 is 84.8 Å². The van der Waals surface area contributed by atoms with Crippen LogP contribution in [0.5, 0.6) is 5.75 Å². The van der Waals surface area contributed by atoms with E-state index < -0.39 is 130 Å². The van der Waals surface area contributed by atoms with Crippen molar-refractivity contribution < 1.29 is 93.5 Å². The maximum Gasteiger partial charge on any atom is 0.229 e. The molecule has 0 bridgehead atoms. The van der Waals surface area contributed by atoms with Gasteiger partial charge in [-0.05, 0) is 24.6 Å². The number of anilines is 1. The molecule has 3 aliphatic heterocycles. The lowest BCUT2D eigenvalue weighted by atomic mass is 9.95. The molecule has 19 nitrogen and oxygen atoms in total. The van der Waals surface area contributed by atoms with Crippen LogP contribution >= 0.6 is 0 Å². The molecular formula is C36H52FNO18. The van der Waals surface area contributed by atoms with Crippen molar-refractivity contribution in [2.45, 2.75) is 138 Å². The van der Waals surface area contributed by atoms with Crippen LogP contribution < -0.4 is 10.1 Å². The highest BCUT2D eigenvalue weighted by Gasteiger charge is 2.53. The predicted octanol–water partition coefficient (Wildman–Crippen LogP) is -3.29. The Bertz CT molecular complexity index is 1460. The van der Waals surface area contributed by atoms with Gasteiger partial charge in [0.15, 0.2) is 12.6 Å². The summed E-state index contributed by atoms with van der Waals surface area (Å²) in [5, 5.41) is 107. The first-order valence-corrected chi connectivity index (χ1v) is 18.2. The lowest BCUT2D eigenvalue weighted by Crippen LogP contribution is -2.66. The number of unbranched alkanes of at least 4 members (excludes halogenated alkanes) is 1. The van der Waals surface area contributed by atoms with E-state index in [2.05, 4.69) is 11.2 Å². The zero-order chi connectivity index (χ0) is 41.3. The van der Waals surface area contributed by atoms with E-state index in [1.165, 1.54) is 18.2 Å². The van der Waals surface area contributed by atoms with Crippen LogP contribution in [-0.4, -0.2) is 175 Å². The molecule has 4 rings (SSSR count). The van der Waals surface area contributed by atoms with Gasteiger partial charge in [0.25, 0.3) is 0 Å². The normalized spacial score (nSPS) is 36.7. The van der Waals surface area contributed by atoms with Crippen molar-refractivity contribution in [3.63, 3.8) is 0 Å². The number of halogens is 1. The minimum Gasteiger partial charge on any atom is -0.462 e. The number of aliphatic hydroxyl groups is 10. The average Bonchev–Trinajstić information content (AvgIpc) is 3.19. The minimum absolute atomic E-state index is 0.00569. The molecule has 3 heterocycles. The third-order valence-electron chi connectivity index (χ3n) is 9.81. The molecule has 3 fully saturated rings. The number of hydrogen-bond donors (Lipinski definition) is 11. The Balaban J connectivity index is 1.41. The lowest BCUT2D eigenvalue weighted by Gasteiger charge is -2.48. The second-order valence-corrected chi connectivity index (χ2v) is 13.8. The van der Waals surface area contributed by atoms with Gasteiger partial charge in [-0.1, -0.05) is 13.3 Å². The van der Waals surface area contributed by atoms with Gasteiger partial charge >= 0.3 is 0 Å². The number of benzene rings is 1. The molecule has 11 N–H and O–H groups in total. The molecule has 1 aromatic rings. The number of ketones is 1. The van der Waals surface area contributed by atoms with Gasteiger partial charge in [-0.15, -0.1) is 12.3 Å². The van der Waals surface area contributed by atoms with Crippen molar-refractivity contribution in [1.29, 1.82) is 0 Å². The zero-order valence-electron chi connectivity index (χ0n) is 30.5. The quantitative estimate of drug-likeness (QED) is 0.0648. The number of amides is 1. The number of hydrogen-bond acceptors (Lipinski definition) is 18. The molecule has 16 atom stereocenters. The predicted molar refractivity (Wildman–Crippen MR) is 186 cm³/mol. The molecule has 316 valence electrons. The Morgan fingerprint density at radius 2 is 1.34 bits per heavy atom. The molecule has 0 aromatic heterocycles. The summed E-state index contributed by atoms with van der Waals surface area (Å²) < 4.78 is 47.6. The molecule has 3 aliphatic rings. The monoisotopic (exact) mass is 805 g/mol. The van der Waals surface area contributed by atoms with Gasteiger partial charge in [-0.3, -0.25) is 9.59 Å². The van der Waals surface area contributed by atoms with E-state index >= 15 is 0 Å². The largest absolute Gasteiger partial charge is 0.462 e. The highest BCUT2D eigenvalue weighted by Crippen LogP contribution is 2.34. The number of rotatable bonds is 18. The van der Waals surface area contributed by atoms with E-state index in [1.807, 2.05) is 6.92 Å². The van der Waals surface area contributed by atoms with E-state index in [0.717, 1.165) is 6.42 Å². The number of Topliss-reactive ketones (excluding diaryl/α,β-unsaturated/α-hetero) is 1. The number of aliphatic hydroxyl groups excluding tert-OH is 10. The summed E-state index contributed by atoms with van der Waals surface area (Å²) in [6.07, 6.45) is -19.2. The summed E-state index contributed by atoms with van der Waals surface area (Å²) in [7, 11) is 0. The molecule has 0 saturated carbocycles. The number of carbonyl (C=O) groups excluding carboxylic acids is 2. The Morgan fingerprint density at radius 3 is 1.88 bits per heavy atom. The van der Waals surface area contributed by atoms with Crippen molar-refractivity contribution in [2.75, 3.05) is 25.1 Å².